The zero-order chi connectivity index (χ0) is 22.8. The largest absolute Gasteiger partial charge is 0.284 e. The number of nitrogens with zero attached hydrogens (tertiary/aromatic N) is 3. The minimum Gasteiger partial charge on any atom is -0.284 e. The molecule has 0 aromatic heterocycles. The maximum Gasteiger partial charge on any atom is 0.269 e. The predicted octanol–water partition coefficient (Wildman–Crippen LogP) is 2.86. The van der Waals surface area contributed by atoms with Crippen LogP contribution in [0.3, 0.4) is 0 Å². The van der Waals surface area contributed by atoms with Crippen LogP contribution in [0.5, 0.6) is 0 Å². The Bertz CT molecular complexity index is 1220. The number of benzene rings is 2. The van der Waals surface area contributed by atoms with Crippen LogP contribution in [0.1, 0.15) is 37.4 Å². The Morgan fingerprint density at radius 3 is 2.35 bits per heavy atom. The van der Waals surface area contributed by atoms with Crippen molar-refractivity contribution in [3.63, 3.8) is 0 Å². The first-order valence-electron chi connectivity index (χ1n) is 9.51. The molecule has 0 saturated heterocycles. The number of hydrogen-bond acceptors (Lipinski definition) is 7. The quantitative estimate of drug-likeness (QED) is 0.469. The van der Waals surface area contributed by atoms with Crippen LogP contribution in [-0.2, 0) is 20.0 Å². The van der Waals surface area contributed by atoms with E-state index in [1.54, 1.807) is 30.3 Å². The van der Waals surface area contributed by atoms with Crippen molar-refractivity contribution >= 4 is 37.1 Å². The first-order valence-corrected chi connectivity index (χ1v) is 12.8. The Labute approximate surface area is 180 Å². The number of nitro groups is 1. The molecule has 1 heterocycles. The molecule has 0 bridgehead atoms. The molecule has 12 heteroatoms. The molecule has 3 rings (SSSR count). The molecule has 31 heavy (non-hydrogen) atoms. The lowest BCUT2D eigenvalue weighted by molar-refractivity contribution is -0.384. The molecule has 2 aromatic carbocycles. The van der Waals surface area contributed by atoms with E-state index in [2.05, 4.69) is 9.82 Å². The average molecular weight is 467 g/mol. The Balaban J connectivity index is 1.95. The van der Waals surface area contributed by atoms with Crippen molar-refractivity contribution in [2.75, 3.05) is 16.2 Å². The van der Waals surface area contributed by atoms with Gasteiger partial charge in [0.05, 0.1) is 28.2 Å². The lowest BCUT2D eigenvalue weighted by atomic mass is 9.99. The van der Waals surface area contributed by atoms with Crippen LogP contribution in [0.25, 0.3) is 0 Å². The number of nitrogens with one attached hydrogen (secondary N) is 1. The van der Waals surface area contributed by atoms with Gasteiger partial charge in [0.2, 0.25) is 20.0 Å². The van der Waals surface area contributed by atoms with Gasteiger partial charge in [0.1, 0.15) is 0 Å². The van der Waals surface area contributed by atoms with E-state index in [1.165, 1.54) is 32.0 Å². The second-order valence-electron chi connectivity index (χ2n) is 6.87. The molecule has 0 amide bonds. The molecule has 10 nitrogen and oxygen atoms in total. The molecule has 0 fully saturated rings. The third-order valence-electron chi connectivity index (χ3n) is 4.86. The summed E-state index contributed by atoms with van der Waals surface area (Å²) < 4.78 is 52.1. The SMILES string of the molecule is CCS(=O)(=O)Nc1ccc(C2=NN(S(=O)(=O)CC)C(c3cccc([N+](=O)[O-])c3)C2)cc1. The number of non-ortho nitro benzene ring substituents is 1. The fourth-order valence-electron chi connectivity index (χ4n) is 3.13. The first-order chi connectivity index (χ1) is 14.6. The molecule has 0 saturated carbocycles. The fourth-order valence-corrected chi connectivity index (χ4v) is 4.84. The summed E-state index contributed by atoms with van der Waals surface area (Å²) in [5, 5.41) is 15.4. The summed E-state index contributed by atoms with van der Waals surface area (Å²) in [5.74, 6) is -0.233. The smallest absolute Gasteiger partial charge is 0.269 e. The Kier molecular flexibility index (Phi) is 6.32. The highest BCUT2D eigenvalue weighted by molar-refractivity contribution is 7.92. The third kappa shape index (κ3) is 5.02. The second kappa shape index (κ2) is 8.63. The summed E-state index contributed by atoms with van der Waals surface area (Å²) in [6.45, 7) is 3.03. The van der Waals surface area contributed by atoms with Crippen molar-refractivity contribution in [1.82, 2.24) is 4.41 Å². The highest BCUT2D eigenvalue weighted by atomic mass is 32.2. The van der Waals surface area contributed by atoms with Gasteiger partial charge < -0.3 is 0 Å². The Morgan fingerprint density at radius 1 is 1.10 bits per heavy atom. The van der Waals surface area contributed by atoms with E-state index in [0.717, 1.165) is 4.41 Å². The summed E-state index contributed by atoms with van der Waals surface area (Å²) in [4.78, 5) is 10.6. The van der Waals surface area contributed by atoms with Crippen molar-refractivity contribution < 1.29 is 21.8 Å². The van der Waals surface area contributed by atoms with E-state index in [4.69, 9.17) is 0 Å². The van der Waals surface area contributed by atoms with Gasteiger partial charge in [0.15, 0.2) is 0 Å². The van der Waals surface area contributed by atoms with Crippen LogP contribution in [0.15, 0.2) is 53.6 Å². The molecule has 166 valence electrons. The van der Waals surface area contributed by atoms with Crippen molar-refractivity contribution in [1.29, 1.82) is 0 Å². The lowest BCUT2D eigenvalue weighted by Gasteiger charge is -2.22. The third-order valence-corrected chi connectivity index (χ3v) is 7.80. The van der Waals surface area contributed by atoms with Gasteiger partial charge in [-0.05, 0) is 37.1 Å². The summed E-state index contributed by atoms with van der Waals surface area (Å²) in [5.41, 5.74) is 1.84. The summed E-state index contributed by atoms with van der Waals surface area (Å²) >= 11 is 0. The molecule has 1 atom stereocenters. The van der Waals surface area contributed by atoms with Crippen molar-refractivity contribution in [2.45, 2.75) is 26.3 Å². The van der Waals surface area contributed by atoms with Crippen LogP contribution in [0.4, 0.5) is 11.4 Å². The van der Waals surface area contributed by atoms with Crippen molar-refractivity contribution in [3.05, 3.63) is 69.8 Å². The van der Waals surface area contributed by atoms with Gasteiger partial charge >= 0.3 is 0 Å². The van der Waals surface area contributed by atoms with Crippen molar-refractivity contribution in [3.8, 4) is 0 Å². The molecule has 1 aliphatic rings. The van der Waals surface area contributed by atoms with Gasteiger partial charge in [0.25, 0.3) is 5.69 Å². The maximum absolute atomic E-state index is 12.6. The zero-order valence-corrected chi connectivity index (χ0v) is 18.6. The number of hydrazone groups is 1. The normalized spacial score (nSPS) is 16.8. The maximum atomic E-state index is 12.6. The number of hydrogen-bond donors (Lipinski definition) is 1. The van der Waals surface area contributed by atoms with Crippen LogP contribution in [-0.4, -0.2) is 43.4 Å². The second-order valence-corrected chi connectivity index (χ2v) is 11.0. The van der Waals surface area contributed by atoms with Crippen LogP contribution < -0.4 is 4.72 Å². The molecule has 1 unspecified atom stereocenters. The number of anilines is 1. The van der Waals surface area contributed by atoms with Crippen LogP contribution >= 0.6 is 0 Å². The summed E-state index contributed by atoms with van der Waals surface area (Å²) in [6.07, 6.45) is 0.223. The number of nitro benzene ring substituents is 1. The average Bonchev–Trinajstić information content (AvgIpc) is 3.20. The van der Waals surface area contributed by atoms with E-state index in [0.29, 0.717) is 22.5 Å². The molecular weight excluding hydrogens is 444 g/mol. The van der Waals surface area contributed by atoms with E-state index in [-0.39, 0.29) is 23.6 Å². The van der Waals surface area contributed by atoms with E-state index in [9.17, 15) is 26.9 Å². The van der Waals surface area contributed by atoms with E-state index < -0.39 is 31.0 Å². The van der Waals surface area contributed by atoms with Gasteiger partial charge in [-0.2, -0.15) is 9.52 Å². The Hall–Kier alpha value is -2.99. The predicted molar refractivity (Wildman–Crippen MR) is 118 cm³/mol. The number of sulfonamides is 2. The van der Waals surface area contributed by atoms with Gasteiger partial charge in [-0.1, -0.05) is 24.3 Å². The molecular formula is C19H22N4O6S2. The minimum absolute atomic E-state index is 0.0593. The molecule has 0 spiro atoms. The van der Waals surface area contributed by atoms with Gasteiger partial charge in [0, 0.05) is 24.2 Å². The van der Waals surface area contributed by atoms with Gasteiger partial charge in [-0.3, -0.25) is 14.8 Å². The summed E-state index contributed by atoms with van der Waals surface area (Å²) in [7, 11) is -7.14. The van der Waals surface area contributed by atoms with Gasteiger partial charge in [-0.25, -0.2) is 16.8 Å². The number of rotatable bonds is 8. The van der Waals surface area contributed by atoms with Crippen LogP contribution in [0.2, 0.25) is 0 Å². The molecule has 1 aliphatic heterocycles. The minimum atomic E-state index is -3.72. The molecule has 0 aliphatic carbocycles. The standard InChI is InChI=1S/C19H22N4O6S2/c1-3-30(26,27)21-16-10-8-14(9-11-16)18-13-19(22(20-18)31(28,29)4-2)15-6-5-7-17(12-15)23(24)25/h5-12,19,21H,3-4,13H2,1-2H3. The monoisotopic (exact) mass is 466 g/mol. The highest BCUT2D eigenvalue weighted by Crippen LogP contribution is 2.36. The van der Waals surface area contributed by atoms with E-state index >= 15 is 0 Å². The first kappa shape index (κ1) is 22.7. The van der Waals surface area contributed by atoms with Crippen LogP contribution in [0, 0.1) is 10.1 Å². The molecule has 1 N–H and O–H groups in total. The molecule has 0 radical (unpaired) electrons. The van der Waals surface area contributed by atoms with Gasteiger partial charge in [-0.15, -0.1) is 0 Å². The Morgan fingerprint density at radius 2 is 1.77 bits per heavy atom. The lowest BCUT2D eigenvalue weighted by Crippen LogP contribution is -2.28. The summed E-state index contributed by atoms with van der Waals surface area (Å²) in [6, 6.07) is 11.6. The van der Waals surface area contributed by atoms with Crippen molar-refractivity contribution in [2.24, 2.45) is 5.10 Å². The highest BCUT2D eigenvalue weighted by Gasteiger charge is 2.36. The molecule has 2 aromatic rings. The fraction of sp³-hybridized carbons (Fsp3) is 0.316. The topological polar surface area (TPSA) is 139 Å². The van der Waals surface area contributed by atoms with E-state index in [1.807, 2.05) is 0 Å². The zero-order valence-electron chi connectivity index (χ0n) is 16.9.